The summed E-state index contributed by atoms with van der Waals surface area (Å²) >= 11 is 0. The Labute approximate surface area is 120 Å². The third-order valence-corrected chi connectivity index (χ3v) is 4.00. The molecular formula is C16H24N2O2. The van der Waals surface area contributed by atoms with Crippen LogP contribution in [0, 0.1) is 5.92 Å². The summed E-state index contributed by atoms with van der Waals surface area (Å²) in [6.07, 6.45) is 2.74. The molecule has 20 heavy (non-hydrogen) atoms. The largest absolute Gasteiger partial charge is 0.394 e. The van der Waals surface area contributed by atoms with Gasteiger partial charge in [-0.25, -0.2) is 0 Å². The number of aliphatic hydroxyl groups is 1. The number of amides is 1. The second kappa shape index (κ2) is 7.41. The van der Waals surface area contributed by atoms with E-state index >= 15 is 0 Å². The average molecular weight is 276 g/mol. The van der Waals surface area contributed by atoms with Crippen molar-refractivity contribution in [2.24, 2.45) is 5.92 Å². The summed E-state index contributed by atoms with van der Waals surface area (Å²) < 4.78 is 0. The number of rotatable bonds is 5. The van der Waals surface area contributed by atoms with Gasteiger partial charge < -0.3 is 15.7 Å². The Morgan fingerprint density at radius 3 is 2.55 bits per heavy atom. The molecule has 110 valence electrons. The number of aryl methyl sites for hydroxylation is 1. The fourth-order valence-electron chi connectivity index (χ4n) is 2.59. The van der Waals surface area contributed by atoms with E-state index in [0.29, 0.717) is 0 Å². The highest BCUT2D eigenvalue weighted by Gasteiger charge is 2.23. The van der Waals surface area contributed by atoms with Crippen molar-refractivity contribution >= 4 is 5.91 Å². The molecule has 3 N–H and O–H groups in total. The van der Waals surface area contributed by atoms with Crippen LogP contribution in [0.25, 0.3) is 0 Å². The SMILES string of the molecule is CCc1ccc(C(CO)NC(=O)C2CCNCC2)cc1. The van der Waals surface area contributed by atoms with Gasteiger partial charge in [-0.05, 0) is 43.5 Å². The number of hydrogen-bond acceptors (Lipinski definition) is 3. The molecule has 1 amide bonds. The zero-order chi connectivity index (χ0) is 14.4. The molecular weight excluding hydrogens is 252 g/mol. The van der Waals surface area contributed by atoms with Gasteiger partial charge in [0.2, 0.25) is 5.91 Å². The molecule has 4 heteroatoms. The van der Waals surface area contributed by atoms with E-state index in [1.165, 1.54) is 5.56 Å². The van der Waals surface area contributed by atoms with Crippen LogP contribution in [0.15, 0.2) is 24.3 Å². The van der Waals surface area contributed by atoms with E-state index in [1.54, 1.807) is 0 Å². The van der Waals surface area contributed by atoms with Crippen LogP contribution in [0.3, 0.4) is 0 Å². The van der Waals surface area contributed by atoms with Crippen LogP contribution < -0.4 is 10.6 Å². The van der Waals surface area contributed by atoms with Gasteiger partial charge in [-0.2, -0.15) is 0 Å². The molecule has 0 spiro atoms. The fourth-order valence-corrected chi connectivity index (χ4v) is 2.59. The molecule has 4 nitrogen and oxygen atoms in total. The van der Waals surface area contributed by atoms with Gasteiger partial charge in [-0.1, -0.05) is 31.2 Å². The normalized spacial score (nSPS) is 17.7. The summed E-state index contributed by atoms with van der Waals surface area (Å²) in [4.78, 5) is 12.2. The van der Waals surface area contributed by atoms with Gasteiger partial charge in [0.05, 0.1) is 12.6 Å². The first-order valence-electron chi connectivity index (χ1n) is 7.45. The maximum absolute atomic E-state index is 12.2. The van der Waals surface area contributed by atoms with Crippen LogP contribution >= 0.6 is 0 Å². The fraction of sp³-hybridized carbons (Fsp3) is 0.562. The van der Waals surface area contributed by atoms with Gasteiger partial charge in [0.15, 0.2) is 0 Å². The molecule has 2 rings (SSSR count). The standard InChI is InChI=1S/C16H24N2O2/c1-2-12-3-5-13(6-4-12)15(11-19)18-16(20)14-7-9-17-10-8-14/h3-6,14-15,17,19H,2,7-11H2,1H3,(H,18,20). The summed E-state index contributed by atoms with van der Waals surface area (Å²) in [5, 5.41) is 15.8. The third-order valence-electron chi connectivity index (χ3n) is 4.00. The summed E-state index contributed by atoms with van der Waals surface area (Å²) in [5.41, 5.74) is 2.22. The lowest BCUT2D eigenvalue weighted by Gasteiger charge is -2.25. The van der Waals surface area contributed by atoms with Crippen molar-refractivity contribution in [1.29, 1.82) is 0 Å². The molecule has 0 aromatic heterocycles. The van der Waals surface area contributed by atoms with Crippen LogP contribution in [0.1, 0.15) is 36.9 Å². The second-order valence-electron chi connectivity index (χ2n) is 5.36. The Bertz CT molecular complexity index is 425. The van der Waals surface area contributed by atoms with Crippen molar-refractivity contribution in [3.63, 3.8) is 0 Å². The molecule has 1 heterocycles. The molecule has 1 aromatic carbocycles. The van der Waals surface area contributed by atoms with Crippen LogP contribution in [-0.4, -0.2) is 30.7 Å². The summed E-state index contributed by atoms with van der Waals surface area (Å²) in [6, 6.07) is 7.78. The molecule has 1 aromatic rings. The average Bonchev–Trinajstić information content (AvgIpc) is 2.53. The Morgan fingerprint density at radius 1 is 1.35 bits per heavy atom. The predicted octanol–water partition coefficient (Wildman–Crippen LogP) is 1.40. The molecule has 1 atom stereocenters. The lowest BCUT2D eigenvalue weighted by molar-refractivity contribution is -0.126. The topological polar surface area (TPSA) is 61.4 Å². The van der Waals surface area contributed by atoms with E-state index in [4.69, 9.17) is 0 Å². The molecule has 0 saturated carbocycles. The van der Waals surface area contributed by atoms with Gasteiger partial charge in [0.25, 0.3) is 0 Å². The molecule has 1 unspecified atom stereocenters. The number of aliphatic hydroxyl groups excluding tert-OH is 1. The van der Waals surface area contributed by atoms with Crippen LogP contribution in [-0.2, 0) is 11.2 Å². The molecule has 1 saturated heterocycles. The summed E-state index contributed by atoms with van der Waals surface area (Å²) in [5.74, 6) is 0.130. The summed E-state index contributed by atoms with van der Waals surface area (Å²) in [7, 11) is 0. The maximum atomic E-state index is 12.2. The van der Waals surface area contributed by atoms with E-state index < -0.39 is 0 Å². The number of carbonyl (C=O) groups excluding carboxylic acids is 1. The highest BCUT2D eigenvalue weighted by Crippen LogP contribution is 2.17. The minimum Gasteiger partial charge on any atom is -0.394 e. The summed E-state index contributed by atoms with van der Waals surface area (Å²) in [6.45, 7) is 3.83. The number of piperidine rings is 1. The first kappa shape index (κ1) is 15.0. The molecule has 0 radical (unpaired) electrons. The van der Waals surface area contributed by atoms with Crippen molar-refractivity contribution < 1.29 is 9.90 Å². The van der Waals surface area contributed by atoms with Crippen LogP contribution in [0.4, 0.5) is 0 Å². The lowest BCUT2D eigenvalue weighted by Crippen LogP contribution is -2.40. The van der Waals surface area contributed by atoms with Gasteiger partial charge in [0.1, 0.15) is 0 Å². The third kappa shape index (κ3) is 3.81. The number of nitrogens with one attached hydrogen (secondary N) is 2. The smallest absolute Gasteiger partial charge is 0.223 e. The first-order chi connectivity index (χ1) is 9.74. The van der Waals surface area contributed by atoms with E-state index in [2.05, 4.69) is 29.7 Å². The number of carbonyl (C=O) groups is 1. The number of benzene rings is 1. The highest BCUT2D eigenvalue weighted by atomic mass is 16.3. The predicted molar refractivity (Wildman–Crippen MR) is 79.4 cm³/mol. The van der Waals surface area contributed by atoms with Crippen LogP contribution in [0.2, 0.25) is 0 Å². The molecule has 0 aliphatic carbocycles. The van der Waals surface area contributed by atoms with E-state index in [1.807, 2.05) is 12.1 Å². The number of hydrogen-bond donors (Lipinski definition) is 3. The minimum atomic E-state index is -0.303. The van der Waals surface area contributed by atoms with Crippen molar-refractivity contribution in [2.75, 3.05) is 19.7 Å². The Kier molecular flexibility index (Phi) is 5.56. The highest BCUT2D eigenvalue weighted by molar-refractivity contribution is 5.79. The van der Waals surface area contributed by atoms with Gasteiger partial charge >= 0.3 is 0 Å². The lowest BCUT2D eigenvalue weighted by atomic mass is 9.96. The van der Waals surface area contributed by atoms with Crippen molar-refractivity contribution in [2.45, 2.75) is 32.2 Å². The van der Waals surface area contributed by atoms with E-state index in [0.717, 1.165) is 37.9 Å². The minimum absolute atomic E-state index is 0.0603. The molecule has 0 bridgehead atoms. The Balaban J connectivity index is 1.98. The monoisotopic (exact) mass is 276 g/mol. The zero-order valence-electron chi connectivity index (χ0n) is 12.1. The first-order valence-corrected chi connectivity index (χ1v) is 7.45. The van der Waals surface area contributed by atoms with Crippen molar-refractivity contribution in [3.05, 3.63) is 35.4 Å². The Morgan fingerprint density at radius 2 is 2.00 bits per heavy atom. The quantitative estimate of drug-likeness (QED) is 0.762. The van der Waals surface area contributed by atoms with Gasteiger partial charge in [0, 0.05) is 5.92 Å². The van der Waals surface area contributed by atoms with E-state index in [-0.39, 0.29) is 24.5 Å². The Hall–Kier alpha value is -1.39. The van der Waals surface area contributed by atoms with Gasteiger partial charge in [-0.3, -0.25) is 4.79 Å². The maximum Gasteiger partial charge on any atom is 0.223 e. The van der Waals surface area contributed by atoms with E-state index in [9.17, 15) is 9.90 Å². The van der Waals surface area contributed by atoms with Crippen LogP contribution in [0.5, 0.6) is 0 Å². The zero-order valence-corrected chi connectivity index (χ0v) is 12.1. The van der Waals surface area contributed by atoms with Crippen molar-refractivity contribution in [3.8, 4) is 0 Å². The second-order valence-corrected chi connectivity index (χ2v) is 5.36. The van der Waals surface area contributed by atoms with Crippen molar-refractivity contribution in [1.82, 2.24) is 10.6 Å². The molecule has 1 aliphatic heterocycles. The molecule has 1 fully saturated rings. The molecule has 1 aliphatic rings. The van der Waals surface area contributed by atoms with Gasteiger partial charge in [-0.15, -0.1) is 0 Å².